The number of likely N-dealkylation sites (tertiary alicyclic amines) is 2. The summed E-state index contributed by atoms with van der Waals surface area (Å²) < 4.78 is 0. The smallest absolute Gasteiger partial charge is 0.326 e. The predicted molar refractivity (Wildman–Crippen MR) is 64.8 cm³/mol. The van der Waals surface area contributed by atoms with E-state index in [1.54, 1.807) is 4.90 Å². The van der Waals surface area contributed by atoms with Crippen molar-refractivity contribution in [3.63, 3.8) is 0 Å². The maximum Gasteiger partial charge on any atom is 0.326 e. The molecular formula is C12H19N3O3. The molecule has 2 rings (SSSR count). The van der Waals surface area contributed by atoms with E-state index in [-0.39, 0.29) is 11.9 Å². The van der Waals surface area contributed by atoms with E-state index in [0.717, 1.165) is 38.8 Å². The molecule has 18 heavy (non-hydrogen) atoms. The van der Waals surface area contributed by atoms with Gasteiger partial charge in [0.2, 0.25) is 6.41 Å². The number of rotatable bonds is 2. The zero-order chi connectivity index (χ0) is 13.0. The zero-order valence-electron chi connectivity index (χ0n) is 10.4. The average molecular weight is 253 g/mol. The Bertz CT molecular complexity index is 339. The molecule has 100 valence electrons. The number of nitrogens with one attached hydrogen (secondary N) is 1. The highest BCUT2D eigenvalue weighted by Gasteiger charge is 2.33. The van der Waals surface area contributed by atoms with Gasteiger partial charge in [0, 0.05) is 19.6 Å². The molecule has 0 aliphatic carbocycles. The van der Waals surface area contributed by atoms with Crippen LogP contribution in [0, 0.1) is 0 Å². The fourth-order valence-corrected chi connectivity index (χ4v) is 2.55. The van der Waals surface area contributed by atoms with Crippen LogP contribution in [0.2, 0.25) is 0 Å². The van der Waals surface area contributed by atoms with Crippen LogP contribution in [-0.2, 0) is 9.59 Å². The molecule has 0 radical (unpaired) electrons. The molecule has 0 aromatic rings. The number of hydrogen-bond donors (Lipinski definition) is 1. The fraction of sp³-hybridized carbons (Fsp3) is 0.750. The van der Waals surface area contributed by atoms with Crippen molar-refractivity contribution in [1.29, 1.82) is 0 Å². The van der Waals surface area contributed by atoms with Crippen molar-refractivity contribution in [2.45, 2.75) is 38.1 Å². The summed E-state index contributed by atoms with van der Waals surface area (Å²) >= 11 is 0. The van der Waals surface area contributed by atoms with Gasteiger partial charge in [-0.2, -0.15) is 0 Å². The molecule has 1 atom stereocenters. The molecule has 2 heterocycles. The van der Waals surface area contributed by atoms with Gasteiger partial charge >= 0.3 is 6.03 Å². The largest absolute Gasteiger partial charge is 0.347 e. The van der Waals surface area contributed by atoms with Crippen molar-refractivity contribution in [1.82, 2.24) is 15.1 Å². The summed E-state index contributed by atoms with van der Waals surface area (Å²) in [7, 11) is 0. The van der Waals surface area contributed by atoms with Gasteiger partial charge in [-0.1, -0.05) is 0 Å². The SMILES string of the molecule is O=CN[C@H]1CCCCN(C(=O)N2CCCC2)C1=O. The third kappa shape index (κ3) is 2.63. The minimum Gasteiger partial charge on any atom is -0.347 e. The topological polar surface area (TPSA) is 69.7 Å². The van der Waals surface area contributed by atoms with Crippen molar-refractivity contribution in [2.24, 2.45) is 0 Å². The van der Waals surface area contributed by atoms with Crippen LogP contribution in [0.15, 0.2) is 0 Å². The number of carbonyl (C=O) groups is 3. The second-order valence-electron chi connectivity index (χ2n) is 4.80. The summed E-state index contributed by atoms with van der Waals surface area (Å²) in [4.78, 5) is 37.9. The van der Waals surface area contributed by atoms with Crippen molar-refractivity contribution in [3.05, 3.63) is 0 Å². The number of amides is 4. The molecule has 6 heteroatoms. The fourth-order valence-electron chi connectivity index (χ4n) is 2.55. The lowest BCUT2D eigenvalue weighted by Crippen LogP contribution is -2.51. The standard InChI is InChI=1S/C12H19N3O3/c16-9-13-10-5-1-2-8-15(11(10)17)12(18)14-6-3-4-7-14/h9-10H,1-8H2,(H,13,16)/t10-/m0/s1. The van der Waals surface area contributed by atoms with E-state index in [1.165, 1.54) is 4.90 Å². The Morgan fingerprint density at radius 3 is 2.50 bits per heavy atom. The van der Waals surface area contributed by atoms with Gasteiger partial charge in [0.15, 0.2) is 0 Å². The van der Waals surface area contributed by atoms with Crippen molar-refractivity contribution >= 4 is 18.3 Å². The van der Waals surface area contributed by atoms with Crippen molar-refractivity contribution in [3.8, 4) is 0 Å². The highest BCUT2D eigenvalue weighted by Crippen LogP contribution is 2.16. The molecule has 0 spiro atoms. The molecule has 0 saturated carbocycles. The third-order valence-electron chi connectivity index (χ3n) is 3.57. The lowest BCUT2D eigenvalue weighted by atomic mass is 10.1. The first-order chi connectivity index (χ1) is 8.74. The highest BCUT2D eigenvalue weighted by atomic mass is 16.2. The Labute approximate surface area is 106 Å². The molecule has 0 aromatic carbocycles. The van der Waals surface area contributed by atoms with Crippen LogP contribution in [0.25, 0.3) is 0 Å². The van der Waals surface area contributed by atoms with E-state index in [9.17, 15) is 14.4 Å². The zero-order valence-corrected chi connectivity index (χ0v) is 10.4. The monoisotopic (exact) mass is 253 g/mol. The molecule has 1 N–H and O–H groups in total. The Balaban J connectivity index is 2.06. The summed E-state index contributed by atoms with van der Waals surface area (Å²) in [6.07, 6.45) is 4.81. The van der Waals surface area contributed by atoms with Gasteiger partial charge < -0.3 is 10.2 Å². The molecule has 0 bridgehead atoms. The summed E-state index contributed by atoms with van der Waals surface area (Å²) in [5.74, 6) is -0.267. The summed E-state index contributed by atoms with van der Waals surface area (Å²) in [5.41, 5.74) is 0. The second kappa shape index (κ2) is 5.84. The maximum atomic E-state index is 12.2. The Morgan fingerprint density at radius 2 is 1.83 bits per heavy atom. The molecule has 2 saturated heterocycles. The van der Waals surface area contributed by atoms with Crippen molar-refractivity contribution < 1.29 is 14.4 Å². The second-order valence-corrected chi connectivity index (χ2v) is 4.80. The number of imide groups is 1. The molecule has 2 aliphatic heterocycles. The van der Waals surface area contributed by atoms with Crippen LogP contribution in [0.5, 0.6) is 0 Å². The van der Waals surface area contributed by atoms with Crippen LogP contribution in [0.3, 0.4) is 0 Å². The Morgan fingerprint density at radius 1 is 1.17 bits per heavy atom. The molecule has 0 unspecified atom stereocenters. The highest BCUT2D eigenvalue weighted by molar-refractivity contribution is 5.98. The first-order valence-corrected chi connectivity index (χ1v) is 6.54. The molecule has 2 aliphatic rings. The van der Waals surface area contributed by atoms with Gasteiger partial charge in [0.25, 0.3) is 5.91 Å². The van der Waals surface area contributed by atoms with Gasteiger partial charge in [-0.3, -0.25) is 14.5 Å². The van der Waals surface area contributed by atoms with Crippen molar-refractivity contribution in [2.75, 3.05) is 19.6 Å². The van der Waals surface area contributed by atoms with Crippen LogP contribution in [-0.4, -0.2) is 53.8 Å². The summed E-state index contributed by atoms with van der Waals surface area (Å²) in [5, 5.41) is 2.51. The van der Waals surface area contributed by atoms with E-state index in [0.29, 0.717) is 19.4 Å². The van der Waals surface area contributed by atoms with Crippen LogP contribution in [0.1, 0.15) is 32.1 Å². The third-order valence-corrected chi connectivity index (χ3v) is 3.57. The lowest BCUT2D eigenvalue weighted by molar-refractivity contribution is -0.131. The van der Waals surface area contributed by atoms with Crippen LogP contribution in [0.4, 0.5) is 4.79 Å². The predicted octanol–water partition coefficient (Wildman–Crippen LogP) is 0.329. The minimum absolute atomic E-state index is 0.197. The van der Waals surface area contributed by atoms with E-state index < -0.39 is 6.04 Å². The Hall–Kier alpha value is -1.59. The number of hydrogen-bond acceptors (Lipinski definition) is 3. The van der Waals surface area contributed by atoms with Crippen LogP contribution >= 0.6 is 0 Å². The van der Waals surface area contributed by atoms with E-state index in [4.69, 9.17) is 0 Å². The Kier molecular flexibility index (Phi) is 4.17. The van der Waals surface area contributed by atoms with E-state index in [1.807, 2.05) is 0 Å². The average Bonchev–Trinajstić information content (AvgIpc) is 2.84. The van der Waals surface area contributed by atoms with E-state index in [2.05, 4.69) is 5.32 Å². The van der Waals surface area contributed by atoms with Gasteiger partial charge in [-0.25, -0.2) is 4.79 Å². The maximum absolute atomic E-state index is 12.2. The molecular weight excluding hydrogens is 234 g/mol. The molecule has 2 fully saturated rings. The normalized spacial score (nSPS) is 24.9. The van der Waals surface area contributed by atoms with Gasteiger partial charge in [-0.15, -0.1) is 0 Å². The van der Waals surface area contributed by atoms with Gasteiger partial charge in [-0.05, 0) is 32.1 Å². The van der Waals surface area contributed by atoms with Gasteiger partial charge in [0.05, 0.1) is 0 Å². The number of carbonyl (C=O) groups excluding carboxylic acids is 3. The minimum atomic E-state index is -0.545. The summed E-state index contributed by atoms with van der Waals surface area (Å²) in [6.45, 7) is 1.92. The number of urea groups is 1. The lowest BCUT2D eigenvalue weighted by Gasteiger charge is -2.27. The molecule has 4 amide bonds. The quantitative estimate of drug-likeness (QED) is 0.721. The first-order valence-electron chi connectivity index (χ1n) is 6.54. The van der Waals surface area contributed by atoms with Crippen LogP contribution < -0.4 is 5.32 Å². The molecule has 6 nitrogen and oxygen atoms in total. The molecule has 0 aromatic heterocycles. The van der Waals surface area contributed by atoms with E-state index >= 15 is 0 Å². The number of nitrogens with zero attached hydrogens (tertiary/aromatic N) is 2. The first kappa shape index (κ1) is 12.9. The van der Waals surface area contributed by atoms with Gasteiger partial charge in [0.1, 0.15) is 6.04 Å². The summed E-state index contributed by atoms with van der Waals surface area (Å²) in [6, 6.07) is -0.742.